The number of hydrogen-bond donors (Lipinski definition) is 1. The topological polar surface area (TPSA) is 21.3 Å². The van der Waals surface area contributed by atoms with Crippen LogP contribution in [0.1, 0.15) is 60.3 Å². The summed E-state index contributed by atoms with van der Waals surface area (Å²) in [6, 6.07) is 1.28. The summed E-state index contributed by atoms with van der Waals surface area (Å²) in [7, 11) is 0. The SMILES string of the molecule is CC(NC1CC(C)(C)CC(C)(C)C1)C1CCOC1. The third kappa shape index (κ3) is 3.71. The minimum absolute atomic E-state index is 0.477. The van der Waals surface area contributed by atoms with Gasteiger partial charge in [0.2, 0.25) is 0 Å². The first kappa shape index (κ1) is 14.3. The molecule has 106 valence electrons. The van der Waals surface area contributed by atoms with Gasteiger partial charge < -0.3 is 10.1 Å². The van der Waals surface area contributed by atoms with Crippen molar-refractivity contribution in [2.75, 3.05) is 13.2 Å². The van der Waals surface area contributed by atoms with Gasteiger partial charge in [-0.1, -0.05) is 27.7 Å². The molecule has 2 nitrogen and oxygen atoms in total. The van der Waals surface area contributed by atoms with Crippen LogP contribution in [0.25, 0.3) is 0 Å². The Morgan fingerprint density at radius 2 is 1.72 bits per heavy atom. The van der Waals surface area contributed by atoms with Crippen LogP contribution in [-0.4, -0.2) is 25.3 Å². The van der Waals surface area contributed by atoms with E-state index in [9.17, 15) is 0 Å². The molecule has 2 fully saturated rings. The number of rotatable bonds is 3. The molecule has 1 aliphatic carbocycles. The second kappa shape index (κ2) is 5.13. The van der Waals surface area contributed by atoms with E-state index in [0.717, 1.165) is 19.1 Å². The van der Waals surface area contributed by atoms with Crippen LogP contribution in [0.3, 0.4) is 0 Å². The molecule has 2 unspecified atom stereocenters. The molecule has 1 heterocycles. The maximum atomic E-state index is 5.51. The summed E-state index contributed by atoms with van der Waals surface area (Å²) in [5.41, 5.74) is 0.955. The molecule has 1 saturated heterocycles. The fourth-order valence-electron chi connectivity index (χ4n) is 4.42. The van der Waals surface area contributed by atoms with Crippen molar-refractivity contribution in [1.82, 2.24) is 5.32 Å². The molecule has 0 spiro atoms. The quantitative estimate of drug-likeness (QED) is 0.829. The molecular weight excluding hydrogens is 222 g/mol. The molecule has 2 heteroatoms. The smallest absolute Gasteiger partial charge is 0.0509 e. The number of ether oxygens (including phenoxy) is 1. The fraction of sp³-hybridized carbons (Fsp3) is 1.00. The van der Waals surface area contributed by atoms with Crippen molar-refractivity contribution < 1.29 is 4.74 Å². The summed E-state index contributed by atoms with van der Waals surface area (Å²) in [5, 5.41) is 3.89. The maximum Gasteiger partial charge on any atom is 0.0509 e. The van der Waals surface area contributed by atoms with Crippen molar-refractivity contribution in [2.24, 2.45) is 16.7 Å². The Morgan fingerprint density at radius 1 is 1.11 bits per heavy atom. The number of nitrogens with one attached hydrogen (secondary N) is 1. The van der Waals surface area contributed by atoms with Gasteiger partial charge in [0.25, 0.3) is 0 Å². The summed E-state index contributed by atoms with van der Waals surface area (Å²) in [4.78, 5) is 0. The minimum atomic E-state index is 0.477. The Morgan fingerprint density at radius 3 is 2.22 bits per heavy atom. The zero-order valence-electron chi connectivity index (χ0n) is 12.9. The average Bonchev–Trinajstić information content (AvgIpc) is 2.63. The summed E-state index contributed by atoms with van der Waals surface area (Å²) < 4.78 is 5.51. The van der Waals surface area contributed by atoms with E-state index in [-0.39, 0.29) is 0 Å². The Bertz CT molecular complexity index is 263. The van der Waals surface area contributed by atoms with E-state index >= 15 is 0 Å². The Hall–Kier alpha value is -0.0800. The highest BCUT2D eigenvalue weighted by Gasteiger charge is 2.39. The van der Waals surface area contributed by atoms with Crippen molar-refractivity contribution in [3.63, 3.8) is 0 Å². The lowest BCUT2D eigenvalue weighted by atomic mass is 9.63. The van der Waals surface area contributed by atoms with Crippen LogP contribution in [-0.2, 0) is 4.74 Å². The standard InChI is InChI=1S/C16H31NO/c1-12(13-6-7-18-10-13)17-14-8-15(2,3)11-16(4,5)9-14/h12-14,17H,6-11H2,1-5H3. The molecule has 1 N–H and O–H groups in total. The highest BCUT2D eigenvalue weighted by Crippen LogP contribution is 2.45. The average molecular weight is 253 g/mol. The monoisotopic (exact) mass is 253 g/mol. The van der Waals surface area contributed by atoms with Crippen LogP contribution in [0.4, 0.5) is 0 Å². The summed E-state index contributed by atoms with van der Waals surface area (Å²) in [6.45, 7) is 13.9. The maximum absolute atomic E-state index is 5.51. The van der Waals surface area contributed by atoms with Gasteiger partial charge in [0.15, 0.2) is 0 Å². The Kier molecular flexibility index (Phi) is 4.08. The van der Waals surface area contributed by atoms with Gasteiger partial charge in [-0.15, -0.1) is 0 Å². The van der Waals surface area contributed by atoms with Crippen molar-refractivity contribution >= 4 is 0 Å². The molecule has 0 aromatic carbocycles. The first-order valence-electron chi connectivity index (χ1n) is 7.61. The summed E-state index contributed by atoms with van der Waals surface area (Å²) in [5.74, 6) is 0.721. The molecule has 1 saturated carbocycles. The third-order valence-corrected chi connectivity index (χ3v) is 4.73. The molecule has 0 bridgehead atoms. The van der Waals surface area contributed by atoms with Crippen LogP contribution in [0.15, 0.2) is 0 Å². The molecule has 2 aliphatic rings. The first-order valence-corrected chi connectivity index (χ1v) is 7.61. The van der Waals surface area contributed by atoms with Crippen LogP contribution >= 0.6 is 0 Å². The predicted octanol–water partition coefficient (Wildman–Crippen LogP) is 3.61. The van der Waals surface area contributed by atoms with E-state index < -0.39 is 0 Å². The zero-order chi connectivity index (χ0) is 13.4. The van der Waals surface area contributed by atoms with Gasteiger partial charge in [-0.05, 0) is 49.4 Å². The molecule has 0 aromatic heterocycles. The Labute approximate surface area is 113 Å². The van der Waals surface area contributed by atoms with Crippen LogP contribution in [0.2, 0.25) is 0 Å². The van der Waals surface area contributed by atoms with Crippen LogP contribution in [0, 0.1) is 16.7 Å². The lowest BCUT2D eigenvalue weighted by molar-refractivity contribution is 0.0763. The second-order valence-corrected chi connectivity index (χ2v) is 8.19. The van der Waals surface area contributed by atoms with E-state index in [0.29, 0.717) is 22.9 Å². The van der Waals surface area contributed by atoms with Gasteiger partial charge in [-0.25, -0.2) is 0 Å². The third-order valence-electron chi connectivity index (χ3n) is 4.73. The fourth-order valence-corrected chi connectivity index (χ4v) is 4.42. The second-order valence-electron chi connectivity index (χ2n) is 8.19. The first-order chi connectivity index (χ1) is 8.27. The number of hydrogen-bond acceptors (Lipinski definition) is 2. The molecule has 2 rings (SSSR count). The van der Waals surface area contributed by atoms with Gasteiger partial charge in [-0.2, -0.15) is 0 Å². The van der Waals surface area contributed by atoms with E-state index in [2.05, 4.69) is 39.9 Å². The summed E-state index contributed by atoms with van der Waals surface area (Å²) in [6.07, 6.45) is 5.20. The van der Waals surface area contributed by atoms with Crippen molar-refractivity contribution in [3.05, 3.63) is 0 Å². The summed E-state index contributed by atoms with van der Waals surface area (Å²) >= 11 is 0. The molecule has 0 radical (unpaired) electrons. The molecule has 1 aliphatic heterocycles. The largest absolute Gasteiger partial charge is 0.381 e. The highest BCUT2D eigenvalue weighted by molar-refractivity contribution is 4.93. The molecule has 0 amide bonds. The van der Waals surface area contributed by atoms with E-state index in [1.54, 1.807) is 0 Å². The molecule has 18 heavy (non-hydrogen) atoms. The van der Waals surface area contributed by atoms with Gasteiger partial charge in [0.1, 0.15) is 0 Å². The highest BCUT2D eigenvalue weighted by atomic mass is 16.5. The van der Waals surface area contributed by atoms with E-state index in [1.165, 1.54) is 25.7 Å². The van der Waals surface area contributed by atoms with Gasteiger partial charge in [-0.3, -0.25) is 0 Å². The van der Waals surface area contributed by atoms with E-state index in [4.69, 9.17) is 4.74 Å². The minimum Gasteiger partial charge on any atom is -0.381 e. The molecule has 2 atom stereocenters. The van der Waals surface area contributed by atoms with E-state index in [1.807, 2.05) is 0 Å². The van der Waals surface area contributed by atoms with Gasteiger partial charge in [0, 0.05) is 18.7 Å². The molecule has 0 aromatic rings. The van der Waals surface area contributed by atoms with Crippen LogP contribution < -0.4 is 5.32 Å². The Balaban J connectivity index is 1.91. The zero-order valence-corrected chi connectivity index (χ0v) is 12.9. The van der Waals surface area contributed by atoms with Gasteiger partial charge in [0.05, 0.1) is 6.61 Å². The lowest BCUT2D eigenvalue weighted by Crippen LogP contribution is -2.48. The lowest BCUT2D eigenvalue weighted by Gasteiger charge is -2.46. The normalized spacial score (nSPS) is 33.5. The molecular formula is C16H31NO. The van der Waals surface area contributed by atoms with Crippen molar-refractivity contribution in [2.45, 2.75) is 72.4 Å². The predicted molar refractivity (Wildman–Crippen MR) is 76.7 cm³/mol. The van der Waals surface area contributed by atoms with Crippen LogP contribution in [0.5, 0.6) is 0 Å². The van der Waals surface area contributed by atoms with Crippen molar-refractivity contribution in [1.29, 1.82) is 0 Å². The van der Waals surface area contributed by atoms with Crippen molar-refractivity contribution in [3.8, 4) is 0 Å². The van der Waals surface area contributed by atoms with Gasteiger partial charge >= 0.3 is 0 Å².